The highest BCUT2D eigenvalue weighted by Gasteiger charge is 2.31. The Kier molecular flexibility index (Phi) is 4.16. The number of hydrogen-bond acceptors (Lipinski definition) is 1. The zero-order valence-electron chi connectivity index (χ0n) is 11.7. The van der Waals surface area contributed by atoms with Crippen molar-refractivity contribution in [3.8, 4) is 11.1 Å². The molecule has 0 aliphatic rings. The number of benzene rings is 2. The highest BCUT2D eigenvalue weighted by Crippen LogP contribution is 2.33. The summed E-state index contributed by atoms with van der Waals surface area (Å²) in [4.78, 5) is 11.1. The van der Waals surface area contributed by atoms with Gasteiger partial charge in [-0.3, -0.25) is 4.79 Å². The maximum Gasteiger partial charge on any atom is 0.416 e. The molecule has 0 saturated carbocycles. The highest BCUT2D eigenvalue weighted by atomic mass is 19.4. The van der Waals surface area contributed by atoms with Crippen LogP contribution in [0.15, 0.2) is 42.5 Å². The van der Waals surface area contributed by atoms with E-state index in [0.29, 0.717) is 17.8 Å². The molecule has 1 nitrogen and oxygen atoms in total. The molecule has 0 radical (unpaired) electrons. The molecule has 21 heavy (non-hydrogen) atoms. The molecular weight excluding hydrogens is 277 g/mol. The number of rotatable bonds is 3. The zero-order chi connectivity index (χ0) is 15.6. The van der Waals surface area contributed by atoms with Crippen LogP contribution in [0.4, 0.5) is 13.2 Å². The maximum absolute atomic E-state index is 12.7. The monoisotopic (exact) mass is 292 g/mol. The van der Waals surface area contributed by atoms with Crippen LogP contribution in [0.3, 0.4) is 0 Å². The summed E-state index contributed by atoms with van der Waals surface area (Å²) in [7, 11) is 0. The summed E-state index contributed by atoms with van der Waals surface area (Å²) in [6.45, 7) is 4.12. The summed E-state index contributed by atoms with van der Waals surface area (Å²) in [6.07, 6.45) is -3.99. The largest absolute Gasteiger partial charge is 0.416 e. The molecule has 2 aromatic carbocycles. The molecule has 4 heteroatoms. The number of halogens is 3. The third-order valence-electron chi connectivity index (χ3n) is 3.39. The van der Waals surface area contributed by atoms with E-state index in [0.717, 1.165) is 23.3 Å². The number of carbonyl (C=O) groups excluding carboxylic acids is 1. The molecule has 0 fully saturated rings. The molecule has 0 aliphatic heterocycles. The van der Waals surface area contributed by atoms with Gasteiger partial charge in [-0.2, -0.15) is 13.2 Å². The number of aldehydes is 1. The summed E-state index contributed by atoms with van der Waals surface area (Å²) in [5.41, 5.74) is 1.61. The van der Waals surface area contributed by atoms with E-state index in [4.69, 9.17) is 0 Å². The van der Waals surface area contributed by atoms with Crippen LogP contribution in [0.25, 0.3) is 11.1 Å². The van der Waals surface area contributed by atoms with Crippen molar-refractivity contribution in [1.29, 1.82) is 0 Å². The Morgan fingerprint density at radius 2 is 1.62 bits per heavy atom. The predicted molar refractivity (Wildman–Crippen MR) is 76.4 cm³/mol. The van der Waals surface area contributed by atoms with Gasteiger partial charge in [0.25, 0.3) is 0 Å². The van der Waals surface area contributed by atoms with Gasteiger partial charge in [-0.15, -0.1) is 0 Å². The van der Waals surface area contributed by atoms with Gasteiger partial charge in [0.1, 0.15) is 0 Å². The van der Waals surface area contributed by atoms with Crippen molar-refractivity contribution in [1.82, 2.24) is 0 Å². The van der Waals surface area contributed by atoms with Crippen molar-refractivity contribution in [2.24, 2.45) is 0 Å². The van der Waals surface area contributed by atoms with Crippen molar-refractivity contribution in [3.05, 3.63) is 59.2 Å². The van der Waals surface area contributed by atoms with Crippen molar-refractivity contribution >= 4 is 6.29 Å². The Bertz CT molecular complexity index is 640. The first-order valence-corrected chi connectivity index (χ1v) is 6.59. The molecule has 0 heterocycles. The molecule has 0 spiro atoms. The maximum atomic E-state index is 12.7. The minimum absolute atomic E-state index is 0.0436. The van der Waals surface area contributed by atoms with Crippen molar-refractivity contribution in [3.63, 3.8) is 0 Å². The lowest BCUT2D eigenvalue weighted by molar-refractivity contribution is -0.137. The van der Waals surface area contributed by atoms with Gasteiger partial charge in [0.15, 0.2) is 6.29 Å². The Hall–Kier alpha value is -2.10. The molecular formula is C17H15F3O. The molecule has 110 valence electrons. The second kappa shape index (κ2) is 5.72. The fourth-order valence-electron chi connectivity index (χ4n) is 2.15. The molecule has 0 aromatic heterocycles. The van der Waals surface area contributed by atoms with Gasteiger partial charge in [-0.25, -0.2) is 0 Å². The summed E-state index contributed by atoms with van der Waals surface area (Å²) in [5, 5.41) is 0. The second-order valence-electron chi connectivity index (χ2n) is 5.19. The minimum Gasteiger partial charge on any atom is -0.298 e. The van der Waals surface area contributed by atoms with E-state index >= 15 is 0 Å². The smallest absolute Gasteiger partial charge is 0.298 e. The average molecular weight is 292 g/mol. The van der Waals surface area contributed by atoms with Gasteiger partial charge in [0, 0.05) is 5.56 Å². The van der Waals surface area contributed by atoms with Gasteiger partial charge in [0.05, 0.1) is 5.56 Å². The fraction of sp³-hybridized carbons (Fsp3) is 0.235. The topological polar surface area (TPSA) is 17.1 Å². The number of carbonyl (C=O) groups is 1. The Morgan fingerprint density at radius 3 is 2.10 bits per heavy atom. The van der Waals surface area contributed by atoms with Crippen LogP contribution in [0.1, 0.15) is 41.3 Å². The van der Waals surface area contributed by atoms with Crippen LogP contribution < -0.4 is 0 Å². The van der Waals surface area contributed by atoms with Gasteiger partial charge in [0.2, 0.25) is 0 Å². The Balaban J connectivity index is 2.46. The van der Waals surface area contributed by atoms with Gasteiger partial charge in [-0.05, 0) is 34.7 Å². The van der Waals surface area contributed by atoms with E-state index in [1.807, 2.05) is 24.3 Å². The lowest BCUT2D eigenvalue weighted by Gasteiger charge is -2.12. The predicted octanol–water partition coefficient (Wildman–Crippen LogP) is 5.31. The minimum atomic E-state index is -4.45. The number of alkyl halides is 3. The second-order valence-corrected chi connectivity index (χ2v) is 5.19. The van der Waals surface area contributed by atoms with Crippen LogP contribution in [0, 0.1) is 0 Å². The van der Waals surface area contributed by atoms with E-state index in [1.165, 1.54) is 6.07 Å². The van der Waals surface area contributed by atoms with Crippen molar-refractivity contribution in [2.45, 2.75) is 25.9 Å². The molecule has 0 N–H and O–H groups in total. The summed E-state index contributed by atoms with van der Waals surface area (Å²) in [6, 6.07) is 10.7. The van der Waals surface area contributed by atoms with E-state index in [9.17, 15) is 18.0 Å². The van der Waals surface area contributed by atoms with Crippen LogP contribution in [-0.2, 0) is 6.18 Å². The standard InChI is InChI=1S/C17H15F3O/c1-11(2)12-3-5-13(6-4-12)16-8-7-15(17(18,19)20)9-14(16)10-21/h3-11H,1-2H3. The van der Waals surface area contributed by atoms with Crippen LogP contribution in [0.2, 0.25) is 0 Å². The third-order valence-corrected chi connectivity index (χ3v) is 3.39. The van der Waals surface area contributed by atoms with Crippen LogP contribution >= 0.6 is 0 Å². The van der Waals surface area contributed by atoms with E-state index in [2.05, 4.69) is 13.8 Å². The zero-order valence-corrected chi connectivity index (χ0v) is 11.7. The molecule has 0 unspecified atom stereocenters. The van der Waals surface area contributed by atoms with Crippen molar-refractivity contribution < 1.29 is 18.0 Å². The van der Waals surface area contributed by atoms with Crippen LogP contribution in [0.5, 0.6) is 0 Å². The molecule has 0 aliphatic carbocycles. The third kappa shape index (κ3) is 3.32. The first-order chi connectivity index (χ1) is 9.82. The van der Waals surface area contributed by atoms with Gasteiger partial charge in [-0.1, -0.05) is 44.2 Å². The molecule has 2 rings (SSSR count). The number of hydrogen-bond donors (Lipinski definition) is 0. The molecule has 0 saturated heterocycles. The molecule has 0 bridgehead atoms. The lowest BCUT2D eigenvalue weighted by Crippen LogP contribution is -2.06. The highest BCUT2D eigenvalue weighted by molar-refractivity contribution is 5.88. The quantitative estimate of drug-likeness (QED) is 0.701. The van der Waals surface area contributed by atoms with E-state index in [-0.39, 0.29) is 5.56 Å². The molecule has 2 aromatic rings. The molecule has 0 atom stereocenters. The Morgan fingerprint density at radius 1 is 1.00 bits per heavy atom. The normalized spacial score (nSPS) is 11.7. The van der Waals surface area contributed by atoms with Crippen LogP contribution in [-0.4, -0.2) is 6.29 Å². The SMILES string of the molecule is CC(C)c1ccc(-c2ccc(C(F)(F)F)cc2C=O)cc1. The van der Waals surface area contributed by atoms with Crippen molar-refractivity contribution in [2.75, 3.05) is 0 Å². The first-order valence-electron chi connectivity index (χ1n) is 6.59. The summed E-state index contributed by atoms with van der Waals surface area (Å²) < 4.78 is 38.0. The average Bonchev–Trinajstić information content (AvgIpc) is 2.45. The fourth-order valence-corrected chi connectivity index (χ4v) is 2.15. The summed E-state index contributed by atoms with van der Waals surface area (Å²) >= 11 is 0. The van der Waals surface area contributed by atoms with E-state index < -0.39 is 11.7 Å². The van der Waals surface area contributed by atoms with Gasteiger partial charge >= 0.3 is 6.18 Å². The first kappa shape index (κ1) is 15.3. The molecule has 0 amide bonds. The lowest BCUT2D eigenvalue weighted by atomic mass is 9.95. The summed E-state index contributed by atoms with van der Waals surface area (Å²) in [5.74, 6) is 0.372. The van der Waals surface area contributed by atoms with E-state index in [1.54, 1.807) is 0 Å². The van der Waals surface area contributed by atoms with Gasteiger partial charge < -0.3 is 0 Å². The Labute approximate surface area is 121 Å².